The average molecular weight is 162 g/mol. The Morgan fingerprint density at radius 1 is 0.625 bits per heavy atom. The molecule has 0 rings (SSSR count). The van der Waals surface area contributed by atoms with Crippen LogP contribution in [0.1, 0.15) is 0 Å². The average Bonchev–Trinajstić information content (AvgIpc) is 1.64. The van der Waals surface area contributed by atoms with Crippen LogP contribution in [0.4, 0.5) is 0 Å². The molecule has 0 fully saturated rings. The molecule has 0 unspecified atom stereocenters. The Labute approximate surface area is 57.7 Å². The summed E-state index contributed by atoms with van der Waals surface area (Å²) in [4.78, 5) is 0. The van der Waals surface area contributed by atoms with E-state index in [0.717, 1.165) is 0 Å². The van der Waals surface area contributed by atoms with Crippen LogP contribution in [-0.2, 0) is 0 Å². The molecule has 0 aliphatic rings. The number of hydrogen-bond acceptors (Lipinski definition) is 0. The van der Waals surface area contributed by atoms with Crippen molar-refractivity contribution < 1.29 is 0 Å². The van der Waals surface area contributed by atoms with Crippen LogP contribution in [0.25, 0.3) is 0 Å². The van der Waals surface area contributed by atoms with Gasteiger partial charge >= 0.3 is 0 Å². The zero-order valence-corrected chi connectivity index (χ0v) is 10.2. The lowest BCUT2D eigenvalue weighted by Gasteiger charge is -2.14. The molecule has 3 heteroatoms. The van der Waals surface area contributed by atoms with E-state index >= 15 is 0 Å². The summed E-state index contributed by atoms with van der Waals surface area (Å²) >= 11 is 0. The summed E-state index contributed by atoms with van der Waals surface area (Å²) in [5, 5.41) is 0. The standard InChI is InChI=1S/C5H18Si3/c1-6(2)8(5)7(3)4/h6-8H,1-5H3. The molecule has 8 heavy (non-hydrogen) atoms. The van der Waals surface area contributed by atoms with Gasteiger partial charge in [0.1, 0.15) is 0 Å². The van der Waals surface area contributed by atoms with Crippen molar-refractivity contribution in [3.8, 4) is 0 Å². The molecule has 0 nitrogen and oxygen atoms in total. The Morgan fingerprint density at radius 2 is 0.875 bits per heavy atom. The summed E-state index contributed by atoms with van der Waals surface area (Å²) in [6, 6.07) is 0. The van der Waals surface area contributed by atoms with E-state index in [4.69, 9.17) is 0 Å². The molecule has 0 amide bonds. The Balaban J connectivity index is 3.46. The van der Waals surface area contributed by atoms with Crippen LogP contribution < -0.4 is 0 Å². The van der Waals surface area contributed by atoms with E-state index in [2.05, 4.69) is 32.7 Å². The molecule has 0 aromatic rings. The van der Waals surface area contributed by atoms with Gasteiger partial charge in [-0.15, -0.1) is 0 Å². The molecule has 0 bridgehead atoms. The fourth-order valence-corrected chi connectivity index (χ4v) is 20.8. The minimum absolute atomic E-state index is 0.0710. The lowest BCUT2D eigenvalue weighted by Crippen LogP contribution is -2.38. The van der Waals surface area contributed by atoms with Crippen LogP contribution in [0, 0.1) is 0 Å². The SMILES string of the molecule is C[SiH](C)[SiH](C)[SiH](C)C. The van der Waals surface area contributed by atoms with Gasteiger partial charge in [0.2, 0.25) is 0 Å². The summed E-state index contributed by atoms with van der Waals surface area (Å²) in [5.41, 5.74) is 0. The molecule has 50 valence electrons. The molecular formula is C5H18Si3. The van der Waals surface area contributed by atoms with Gasteiger partial charge in [-0.1, -0.05) is 32.7 Å². The molecular weight excluding hydrogens is 144 g/mol. The largest absolute Gasteiger partial charge is 0.0761 e. The molecule has 0 heterocycles. The summed E-state index contributed by atoms with van der Waals surface area (Å²) in [6.07, 6.45) is 0. The predicted octanol–water partition coefficient (Wildman–Crippen LogP) is 0.973. The molecule has 0 N–H and O–H groups in total. The zero-order chi connectivity index (χ0) is 6.73. The van der Waals surface area contributed by atoms with Crippen LogP contribution in [-0.4, -0.2) is 24.5 Å². The van der Waals surface area contributed by atoms with Crippen molar-refractivity contribution in [3.05, 3.63) is 0 Å². The van der Waals surface area contributed by atoms with Crippen LogP contribution in [0.5, 0.6) is 0 Å². The normalized spacial score (nSPS) is 12.0. The highest BCUT2D eigenvalue weighted by atomic mass is 29.6. The van der Waals surface area contributed by atoms with E-state index in [1.807, 2.05) is 0 Å². The maximum absolute atomic E-state index is 2.58. The van der Waals surface area contributed by atoms with E-state index in [1.165, 1.54) is 0 Å². The van der Waals surface area contributed by atoms with Gasteiger partial charge in [-0.05, 0) is 0 Å². The Bertz CT molecular complexity index is 52.7. The first-order valence-electron chi connectivity index (χ1n) is 3.55. The second-order valence-corrected chi connectivity index (χ2v) is 26.7. The Morgan fingerprint density at radius 3 is 0.875 bits per heavy atom. The van der Waals surface area contributed by atoms with Crippen molar-refractivity contribution in [1.29, 1.82) is 0 Å². The van der Waals surface area contributed by atoms with E-state index in [0.29, 0.717) is 0 Å². The quantitative estimate of drug-likeness (QED) is 0.531. The van der Waals surface area contributed by atoms with Crippen molar-refractivity contribution in [1.82, 2.24) is 0 Å². The monoisotopic (exact) mass is 162 g/mol. The Hall–Kier alpha value is 0.651. The van der Waals surface area contributed by atoms with Gasteiger partial charge < -0.3 is 0 Å². The highest BCUT2D eigenvalue weighted by Crippen LogP contribution is 1.94. The maximum atomic E-state index is 2.58. The topological polar surface area (TPSA) is 0 Å². The number of hydrogen-bond donors (Lipinski definition) is 0. The maximum Gasteiger partial charge on any atom is 0.0188 e. The van der Waals surface area contributed by atoms with E-state index < -0.39 is 0 Å². The van der Waals surface area contributed by atoms with Crippen LogP contribution in [0.15, 0.2) is 0 Å². The van der Waals surface area contributed by atoms with Crippen molar-refractivity contribution in [2.75, 3.05) is 0 Å². The third kappa shape index (κ3) is 2.84. The highest BCUT2D eigenvalue weighted by Gasteiger charge is 2.13. The first-order chi connectivity index (χ1) is 3.55. The van der Waals surface area contributed by atoms with Gasteiger partial charge in [0.05, 0.1) is 0 Å². The zero-order valence-electron chi connectivity index (χ0n) is 6.73. The minimum atomic E-state index is -0.122. The molecule has 0 aliphatic carbocycles. The summed E-state index contributed by atoms with van der Waals surface area (Å²) in [6.45, 7) is 12.6. The third-order valence-electron chi connectivity index (χ3n) is 2.10. The first kappa shape index (κ1) is 8.65. The Kier molecular flexibility index (Phi) is 3.93. The summed E-state index contributed by atoms with van der Waals surface area (Å²) in [5.74, 6) is 0. The van der Waals surface area contributed by atoms with E-state index in [1.54, 1.807) is 0 Å². The fraction of sp³-hybridized carbons (Fsp3) is 1.00. The van der Waals surface area contributed by atoms with Gasteiger partial charge in [0.25, 0.3) is 0 Å². The lowest BCUT2D eigenvalue weighted by molar-refractivity contribution is 2.00. The first-order valence-corrected chi connectivity index (χ1v) is 14.7. The summed E-state index contributed by atoms with van der Waals surface area (Å²) in [7, 11) is -0.315. The molecule has 0 radical (unpaired) electrons. The molecule has 0 atom stereocenters. The second-order valence-electron chi connectivity index (χ2n) is 3.35. The van der Waals surface area contributed by atoms with Gasteiger partial charge in [-0.3, -0.25) is 0 Å². The van der Waals surface area contributed by atoms with Crippen LogP contribution >= 0.6 is 0 Å². The molecule has 0 aromatic carbocycles. The smallest absolute Gasteiger partial charge is 0.0188 e. The van der Waals surface area contributed by atoms with Crippen molar-refractivity contribution in [2.45, 2.75) is 32.7 Å². The molecule has 0 aliphatic heterocycles. The summed E-state index contributed by atoms with van der Waals surface area (Å²) < 4.78 is 0. The molecule has 0 spiro atoms. The molecule has 0 saturated carbocycles. The number of rotatable bonds is 2. The fourth-order valence-electron chi connectivity index (χ4n) is 0.770. The highest BCUT2D eigenvalue weighted by molar-refractivity contribution is 7.49. The van der Waals surface area contributed by atoms with E-state index in [9.17, 15) is 0 Å². The second kappa shape index (κ2) is 3.63. The molecule has 0 aromatic heterocycles. The molecule has 0 saturated heterocycles. The van der Waals surface area contributed by atoms with Crippen LogP contribution in [0.2, 0.25) is 32.7 Å². The predicted molar refractivity (Wildman–Crippen MR) is 50.8 cm³/mol. The van der Waals surface area contributed by atoms with Crippen molar-refractivity contribution >= 4 is 24.5 Å². The lowest BCUT2D eigenvalue weighted by atomic mass is 11.9. The van der Waals surface area contributed by atoms with Gasteiger partial charge in [0.15, 0.2) is 0 Å². The van der Waals surface area contributed by atoms with Gasteiger partial charge in [-0.2, -0.15) is 0 Å². The van der Waals surface area contributed by atoms with Crippen molar-refractivity contribution in [2.24, 2.45) is 0 Å². The van der Waals surface area contributed by atoms with Crippen LogP contribution in [0.3, 0.4) is 0 Å². The van der Waals surface area contributed by atoms with Crippen molar-refractivity contribution in [3.63, 3.8) is 0 Å². The third-order valence-corrected chi connectivity index (χ3v) is 32.8. The van der Waals surface area contributed by atoms with Gasteiger partial charge in [0, 0.05) is 24.5 Å². The van der Waals surface area contributed by atoms with Gasteiger partial charge in [-0.25, -0.2) is 0 Å². The minimum Gasteiger partial charge on any atom is -0.0761 e. The van der Waals surface area contributed by atoms with E-state index in [-0.39, 0.29) is 24.5 Å².